The zero-order valence-corrected chi connectivity index (χ0v) is 11.3. The zero-order chi connectivity index (χ0) is 13.2. The Morgan fingerprint density at radius 2 is 2.00 bits per heavy atom. The summed E-state index contributed by atoms with van der Waals surface area (Å²) < 4.78 is 13.1. The summed E-state index contributed by atoms with van der Waals surface area (Å²) in [6.07, 6.45) is 2.42. The van der Waals surface area contributed by atoms with E-state index in [0.29, 0.717) is 5.41 Å². The molecule has 100 valence electrons. The Morgan fingerprint density at radius 1 is 1.33 bits per heavy atom. The highest BCUT2D eigenvalue weighted by Gasteiger charge is 2.26. The highest BCUT2D eigenvalue weighted by molar-refractivity contribution is 5.20. The lowest BCUT2D eigenvalue weighted by atomic mass is 9.82. The summed E-state index contributed by atoms with van der Waals surface area (Å²) in [5, 5.41) is 0. The number of rotatable bonds is 3. The number of piperidine rings is 1. The maximum absolute atomic E-state index is 13.1. The number of nitrogens with two attached hydrogens (primary N) is 1. The van der Waals surface area contributed by atoms with Crippen molar-refractivity contribution in [3.63, 3.8) is 0 Å². The predicted molar refractivity (Wildman–Crippen MR) is 72.8 cm³/mol. The Labute approximate surface area is 109 Å². The first-order valence-electron chi connectivity index (χ1n) is 6.70. The molecule has 0 amide bonds. The molecule has 1 aliphatic rings. The van der Waals surface area contributed by atoms with Crippen molar-refractivity contribution in [2.24, 2.45) is 11.1 Å². The zero-order valence-electron chi connectivity index (χ0n) is 11.3. The molecule has 18 heavy (non-hydrogen) atoms. The fourth-order valence-corrected chi connectivity index (χ4v) is 2.46. The average Bonchev–Trinajstić information content (AvgIpc) is 2.32. The van der Waals surface area contributed by atoms with Crippen LogP contribution in [0.4, 0.5) is 4.39 Å². The largest absolute Gasteiger partial charge is 0.323 e. The molecule has 2 nitrogen and oxygen atoms in total. The van der Waals surface area contributed by atoms with Crippen LogP contribution in [0.1, 0.15) is 38.3 Å². The molecule has 1 aromatic carbocycles. The first-order chi connectivity index (χ1) is 8.46. The van der Waals surface area contributed by atoms with Gasteiger partial charge in [0.2, 0.25) is 0 Å². The minimum absolute atomic E-state index is 0.0955. The monoisotopic (exact) mass is 250 g/mol. The van der Waals surface area contributed by atoms with Crippen LogP contribution in [0.2, 0.25) is 0 Å². The number of halogens is 1. The van der Waals surface area contributed by atoms with Crippen molar-refractivity contribution in [1.82, 2.24) is 4.90 Å². The minimum Gasteiger partial charge on any atom is -0.323 e. The molecule has 1 aromatic rings. The molecule has 1 saturated heterocycles. The molecule has 0 aromatic heterocycles. The Balaban J connectivity index is 1.90. The number of hydrogen-bond donors (Lipinski definition) is 1. The van der Waals surface area contributed by atoms with Gasteiger partial charge in [0, 0.05) is 12.6 Å². The fraction of sp³-hybridized carbons (Fsp3) is 0.600. The van der Waals surface area contributed by atoms with Crippen LogP contribution in [0, 0.1) is 11.2 Å². The van der Waals surface area contributed by atoms with Gasteiger partial charge < -0.3 is 10.6 Å². The van der Waals surface area contributed by atoms with E-state index in [1.807, 2.05) is 6.07 Å². The molecule has 2 rings (SSSR count). The van der Waals surface area contributed by atoms with E-state index < -0.39 is 0 Å². The lowest BCUT2D eigenvalue weighted by Gasteiger charge is -2.38. The van der Waals surface area contributed by atoms with Crippen molar-refractivity contribution < 1.29 is 4.39 Å². The number of nitrogens with zero attached hydrogens (tertiary/aromatic N) is 1. The number of hydrogen-bond acceptors (Lipinski definition) is 2. The van der Waals surface area contributed by atoms with E-state index in [4.69, 9.17) is 5.73 Å². The second-order valence-electron chi connectivity index (χ2n) is 6.13. The third-order valence-electron chi connectivity index (χ3n) is 3.94. The number of benzene rings is 1. The van der Waals surface area contributed by atoms with E-state index in [9.17, 15) is 4.39 Å². The molecule has 1 fully saturated rings. The lowest BCUT2D eigenvalue weighted by molar-refractivity contribution is 0.127. The molecule has 3 heteroatoms. The molecule has 1 aliphatic heterocycles. The van der Waals surface area contributed by atoms with Gasteiger partial charge >= 0.3 is 0 Å². The lowest BCUT2D eigenvalue weighted by Crippen LogP contribution is -2.40. The quantitative estimate of drug-likeness (QED) is 0.893. The van der Waals surface area contributed by atoms with Gasteiger partial charge in [-0.25, -0.2) is 4.39 Å². The van der Waals surface area contributed by atoms with E-state index in [0.717, 1.165) is 25.2 Å². The molecule has 0 saturated carbocycles. The molecule has 0 aliphatic carbocycles. The van der Waals surface area contributed by atoms with Gasteiger partial charge in [0.15, 0.2) is 0 Å². The topological polar surface area (TPSA) is 29.3 Å². The van der Waals surface area contributed by atoms with Gasteiger partial charge in [-0.05, 0) is 49.0 Å². The predicted octanol–water partition coefficient (Wildman–Crippen LogP) is 2.95. The highest BCUT2D eigenvalue weighted by atomic mass is 19.1. The average molecular weight is 250 g/mol. The van der Waals surface area contributed by atoms with Crippen LogP contribution in [0.25, 0.3) is 0 Å². The van der Waals surface area contributed by atoms with E-state index in [1.165, 1.54) is 18.9 Å². The summed E-state index contributed by atoms with van der Waals surface area (Å²) in [6.45, 7) is 7.64. The molecular weight excluding hydrogens is 227 g/mol. The molecule has 0 bridgehead atoms. The van der Waals surface area contributed by atoms with E-state index in [2.05, 4.69) is 18.7 Å². The van der Waals surface area contributed by atoms with Crippen molar-refractivity contribution in [3.8, 4) is 0 Å². The van der Waals surface area contributed by atoms with Crippen molar-refractivity contribution in [2.75, 3.05) is 19.6 Å². The van der Waals surface area contributed by atoms with E-state index in [1.54, 1.807) is 12.1 Å². The SMILES string of the molecule is CC1(C)CCN(CC(N)c2cccc(F)c2)CC1. The van der Waals surface area contributed by atoms with Crippen molar-refractivity contribution in [3.05, 3.63) is 35.6 Å². The van der Waals surface area contributed by atoms with Crippen LogP contribution >= 0.6 is 0 Å². The third kappa shape index (κ3) is 3.53. The Bertz CT molecular complexity index is 393. The normalized spacial score (nSPS) is 21.8. The van der Waals surface area contributed by atoms with Gasteiger partial charge in [-0.3, -0.25) is 0 Å². The van der Waals surface area contributed by atoms with Crippen LogP contribution in [-0.4, -0.2) is 24.5 Å². The van der Waals surface area contributed by atoms with Gasteiger partial charge in [-0.15, -0.1) is 0 Å². The molecular formula is C15H23FN2. The van der Waals surface area contributed by atoms with Gasteiger partial charge in [0.25, 0.3) is 0 Å². The first kappa shape index (κ1) is 13.5. The molecule has 2 N–H and O–H groups in total. The Morgan fingerprint density at radius 3 is 2.61 bits per heavy atom. The van der Waals surface area contributed by atoms with Crippen molar-refractivity contribution in [1.29, 1.82) is 0 Å². The first-order valence-corrected chi connectivity index (χ1v) is 6.70. The van der Waals surface area contributed by atoms with Crippen LogP contribution in [-0.2, 0) is 0 Å². The van der Waals surface area contributed by atoms with Crippen LogP contribution in [0.5, 0.6) is 0 Å². The number of likely N-dealkylation sites (tertiary alicyclic amines) is 1. The maximum Gasteiger partial charge on any atom is 0.123 e. The summed E-state index contributed by atoms with van der Waals surface area (Å²) in [5.74, 6) is -0.206. The van der Waals surface area contributed by atoms with Gasteiger partial charge in [0.1, 0.15) is 5.82 Å². The maximum atomic E-state index is 13.1. The van der Waals surface area contributed by atoms with Gasteiger partial charge in [0.05, 0.1) is 0 Å². The molecule has 1 atom stereocenters. The second-order valence-corrected chi connectivity index (χ2v) is 6.13. The summed E-state index contributed by atoms with van der Waals surface area (Å²) in [6, 6.07) is 6.53. The van der Waals surface area contributed by atoms with Crippen molar-refractivity contribution >= 4 is 0 Å². The third-order valence-corrected chi connectivity index (χ3v) is 3.94. The Kier molecular flexibility index (Phi) is 4.03. The van der Waals surface area contributed by atoms with E-state index in [-0.39, 0.29) is 11.9 Å². The molecule has 0 radical (unpaired) electrons. The highest BCUT2D eigenvalue weighted by Crippen LogP contribution is 2.30. The molecule has 1 heterocycles. The smallest absolute Gasteiger partial charge is 0.123 e. The fourth-order valence-electron chi connectivity index (χ4n) is 2.46. The second kappa shape index (κ2) is 5.37. The molecule has 0 spiro atoms. The standard InChI is InChI=1S/C15H23FN2/c1-15(2)6-8-18(9-7-15)11-14(17)12-4-3-5-13(16)10-12/h3-5,10,14H,6-9,11,17H2,1-2H3. The van der Waals surface area contributed by atoms with Crippen LogP contribution in [0.15, 0.2) is 24.3 Å². The van der Waals surface area contributed by atoms with Gasteiger partial charge in [-0.2, -0.15) is 0 Å². The van der Waals surface area contributed by atoms with E-state index >= 15 is 0 Å². The van der Waals surface area contributed by atoms with Gasteiger partial charge in [-0.1, -0.05) is 26.0 Å². The summed E-state index contributed by atoms with van der Waals surface area (Å²) in [7, 11) is 0. The summed E-state index contributed by atoms with van der Waals surface area (Å²) in [4.78, 5) is 2.39. The minimum atomic E-state index is -0.206. The summed E-state index contributed by atoms with van der Waals surface area (Å²) in [5.41, 5.74) is 7.50. The Hall–Kier alpha value is -0.930. The van der Waals surface area contributed by atoms with Crippen molar-refractivity contribution in [2.45, 2.75) is 32.7 Å². The summed E-state index contributed by atoms with van der Waals surface area (Å²) >= 11 is 0. The van der Waals surface area contributed by atoms with Crippen LogP contribution < -0.4 is 5.73 Å². The van der Waals surface area contributed by atoms with Crippen LogP contribution in [0.3, 0.4) is 0 Å². The molecule has 1 unspecified atom stereocenters.